The van der Waals surface area contributed by atoms with Crippen molar-refractivity contribution in [1.82, 2.24) is 21.3 Å². The number of aliphatic hydroxyl groups is 4. The number of carboxylic acids is 2. The van der Waals surface area contributed by atoms with Crippen molar-refractivity contribution in [2.45, 2.75) is 112 Å². The van der Waals surface area contributed by atoms with Crippen LogP contribution in [0.15, 0.2) is 0 Å². The highest BCUT2D eigenvalue weighted by Crippen LogP contribution is 2.55. The van der Waals surface area contributed by atoms with E-state index < -0.39 is 73.1 Å². The molecule has 4 aliphatic carbocycles. The molecule has 0 aromatic rings. The van der Waals surface area contributed by atoms with Gasteiger partial charge in [0.1, 0.15) is 24.4 Å². The van der Waals surface area contributed by atoms with E-state index in [9.17, 15) is 49.8 Å². The van der Waals surface area contributed by atoms with Crippen LogP contribution in [0.5, 0.6) is 0 Å². The normalized spacial score (nSPS) is 36.7. The molecule has 42 heavy (non-hydrogen) atoms. The van der Waals surface area contributed by atoms with Crippen molar-refractivity contribution in [2.75, 3.05) is 13.3 Å². The number of aliphatic hydroxyl groups excluding tert-OH is 4. The Morgan fingerprint density at radius 2 is 1.36 bits per heavy atom. The van der Waals surface area contributed by atoms with Crippen LogP contribution < -0.4 is 21.3 Å². The summed E-state index contributed by atoms with van der Waals surface area (Å²) >= 11 is 0. The van der Waals surface area contributed by atoms with Gasteiger partial charge in [0.2, 0.25) is 11.8 Å². The van der Waals surface area contributed by atoms with Crippen LogP contribution >= 0.6 is 0 Å². The second kappa shape index (κ2) is 13.9. The Morgan fingerprint density at radius 1 is 0.810 bits per heavy atom. The fourth-order valence-corrected chi connectivity index (χ4v) is 7.63. The lowest BCUT2D eigenvalue weighted by molar-refractivity contribution is -0.254. The first kappa shape index (κ1) is 32.5. The Morgan fingerprint density at radius 3 is 1.88 bits per heavy atom. The van der Waals surface area contributed by atoms with Gasteiger partial charge in [0.25, 0.3) is 0 Å². The molecule has 15 nitrogen and oxygen atoms in total. The average Bonchev–Trinajstić information content (AvgIpc) is 2.90. The van der Waals surface area contributed by atoms with Crippen molar-refractivity contribution in [1.29, 1.82) is 0 Å². The van der Waals surface area contributed by atoms with Crippen LogP contribution in [-0.2, 0) is 23.9 Å². The highest BCUT2D eigenvalue weighted by molar-refractivity contribution is 5.90. The highest BCUT2D eigenvalue weighted by Gasteiger charge is 2.52. The van der Waals surface area contributed by atoms with E-state index in [0.29, 0.717) is 17.8 Å². The molecular weight excluding hydrogens is 556 g/mol. The lowest BCUT2D eigenvalue weighted by atomic mass is 9.53. The van der Waals surface area contributed by atoms with Gasteiger partial charge in [-0.2, -0.15) is 0 Å². The molecule has 0 aromatic carbocycles. The number of carboxylic acid groups (broad SMARTS) is 2. The predicted octanol–water partition coefficient (Wildman–Crippen LogP) is -2.41. The standard InChI is InChI=1S/C27H44N4O11/c32-11-18-22(37)23(38)21(26(41)42-18)29-12-28-16(1-3-19(33)34)24(39)30-17(2-4-20(35)36)25(40)31-27-8-13-5-14(9-27)7-15(6-13)10-27/h13-18,21-23,26,28-29,32,37-38,41H,1-12H2,(H,30,39)(H,31,40)(H,33,34)(H,35,36). The Bertz CT molecular complexity index is 962. The minimum absolute atomic E-state index is 0.148. The van der Waals surface area contributed by atoms with Crippen LogP contribution in [0.2, 0.25) is 0 Å². The molecule has 2 amide bonds. The van der Waals surface area contributed by atoms with Gasteiger partial charge in [-0.05, 0) is 69.1 Å². The number of aliphatic carboxylic acids is 2. The van der Waals surface area contributed by atoms with Crippen molar-refractivity contribution in [2.24, 2.45) is 17.8 Å². The van der Waals surface area contributed by atoms with Crippen molar-refractivity contribution in [3.05, 3.63) is 0 Å². The third-order valence-corrected chi connectivity index (χ3v) is 9.26. The summed E-state index contributed by atoms with van der Waals surface area (Å²) in [5.41, 5.74) is -0.355. The molecule has 5 rings (SSSR count). The van der Waals surface area contributed by atoms with Crippen molar-refractivity contribution in [3.63, 3.8) is 0 Å². The van der Waals surface area contributed by atoms with E-state index in [4.69, 9.17) is 4.74 Å². The Balaban J connectivity index is 1.38. The van der Waals surface area contributed by atoms with Gasteiger partial charge in [-0.1, -0.05) is 0 Å². The summed E-state index contributed by atoms with van der Waals surface area (Å²) < 4.78 is 5.10. The van der Waals surface area contributed by atoms with Gasteiger partial charge in [-0.25, -0.2) is 0 Å². The third-order valence-electron chi connectivity index (χ3n) is 9.26. The van der Waals surface area contributed by atoms with E-state index in [2.05, 4.69) is 21.3 Å². The number of nitrogens with one attached hydrogen (secondary N) is 4. The highest BCUT2D eigenvalue weighted by atomic mass is 16.6. The minimum atomic E-state index is -1.60. The maximum Gasteiger partial charge on any atom is 0.303 e. The fraction of sp³-hybridized carbons (Fsp3) is 0.852. The molecule has 7 unspecified atom stereocenters. The van der Waals surface area contributed by atoms with Crippen LogP contribution in [0, 0.1) is 17.8 Å². The molecule has 10 N–H and O–H groups in total. The minimum Gasteiger partial charge on any atom is -0.481 e. The molecule has 0 aromatic heterocycles. The molecule has 7 atom stereocenters. The van der Waals surface area contributed by atoms with Gasteiger partial charge >= 0.3 is 11.9 Å². The number of ether oxygens (including phenoxy) is 1. The molecule has 5 fully saturated rings. The number of amides is 2. The van der Waals surface area contributed by atoms with Crippen molar-refractivity contribution < 1.29 is 54.6 Å². The molecular formula is C27H44N4O11. The second-order valence-electron chi connectivity index (χ2n) is 12.5. The molecule has 4 saturated carbocycles. The zero-order valence-electron chi connectivity index (χ0n) is 23.5. The van der Waals surface area contributed by atoms with Gasteiger partial charge in [0.15, 0.2) is 6.29 Å². The summed E-state index contributed by atoms with van der Waals surface area (Å²) in [6, 6.07) is -3.49. The van der Waals surface area contributed by atoms with Crippen LogP contribution in [0.3, 0.4) is 0 Å². The summed E-state index contributed by atoms with van der Waals surface area (Å²) in [6.07, 6.45) is -0.760. The molecule has 1 saturated heterocycles. The topological polar surface area (TPSA) is 247 Å². The summed E-state index contributed by atoms with van der Waals surface area (Å²) in [6.45, 7) is -0.868. The number of carbonyl (C=O) groups excluding carboxylic acids is 2. The Hall–Kier alpha value is -2.40. The average molecular weight is 601 g/mol. The number of rotatable bonds is 15. The molecule has 0 radical (unpaired) electrons. The van der Waals surface area contributed by atoms with Crippen molar-refractivity contribution in [3.8, 4) is 0 Å². The third kappa shape index (κ3) is 7.95. The maximum atomic E-state index is 13.5. The zero-order chi connectivity index (χ0) is 30.6. The molecule has 1 aliphatic heterocycles. The quantitative estimate of drug-likeness (QED) is 0.0881. The zero-order valence-corrected chi connectivity index (χ0v) is 23.5. The second-order valence-corrected chi connectivity index (χ2v) is 12.5. The first-order valence-corrected chi connectivity index (χ1v) is 14.7. The molecule has 238 valence electrons. The number of hydrogen-bond acceptors (Lipinski definition) is 11. The van der Waals surface area contributed by atoms with Gasteiger partial charge in [-0.15, -0.1) is 0 Å². The van der Waals surface area contributed by atoms with E-state index in [0.717, 1.165) is 19.3 Å². The molecule has 4 bridgehead atoms. The smallest absolute Gasteiger partial charge is 0.303 e. The summed E-state index contributed by atoms with van der Waals surface area (Å²) in [7, 11) is 0. The van der Waals surface area contributed by atoms with Gasteiger partial charge in [0.05, 0.1) is 18.7 Å². The maximum absolute atomic E-state index is 13.5. The number of hydrogen-bond donors (Lipinski definition) is 10. The van der Waals surface area contributed by atoms with E-state index in [1.807, 2.05) is 0 Å². The molecule has 15 heteroatoms. The SMILES string of the molecule is O=C(O)CCC(NCNC1C(O)OC(CO)C(O)C1O)C(=O)NC(CCC(=O)O)C(=O)NC12CC3CC(CC(C3)C1)C2. The van der Waals surface area contributed by atoms with Crippen LogP contribution in [-0.4, -0.2) is 116 Å². The lowest BCUT2D eigenvalue weighted by Gasteiger charge is -2.57. The first-order valence-electron chi connectivity index (χ1n) is 14.7. The summed E-state index contributed by atoms with van der Waals surface area (Å²) in [5, 5.41) is 69.5. The van der Waals surface area contributed by atoms with Gasteiger partial charge < -0.3 is 46.0 Å². The Labute approximate surface area is 243 Å². The molecule has 0 spiro atoms. The summed E-state index contributed by atoms with van der Waals surface area (Å²) in [4.78, 5) is 49.4. The molecule has 5 aliphatic rings. The van der Waals surface area contributed by atoms with Crippen LogP contribution in [0.4, 0.5) is 0 Å². The largest absolute Gasteiger partial charge is 0.481 e. The Kier molecular flexibility index (Phi) is 10.8. The lowest BCUT2D eigenvalue weighted by Crippen LogP contribution is -2.65. The van der Waals surface area contributed by atoms with E-state index in [-0.39, 0.29) is 37.9 Å². The molecule has 1 heterocycles. The van der Waals surface area contributed by atoms with Crippen molar-refractivity contribution >= 4 is 23.8 Å². The predicted molar refractivity (Wildman–Crippen MR) is 143 cm³/mol. The van der Waals surface area contributed by atoms with E-state index in [1.165, 1.54) is 19.3 Å². The van der Waals surface area contributed by atoms with Crippen LogP contribution in [0.1, 0.15) is 64.2 Å². The summed E-state index contributed by atoms with van der Waals surface area (Å²) in [5.74, 6) is -1.78. The van der Waals surface area contributed by atoms with Gasteiger partial charge in [0, 0.05) is 25.0 Å². The fourth-order valence-electron chi connectivity index (χ4n) is 7.63. The van der Waals surface area contributed by atoms with E-state index in [1.54, 1.807) is 0 Å². The number of carbonyl (C=O) groups is 4. The first-order chi connectivity index (χ1) is 19.9. The van der Waals surface area contributed by atoms with Crippen LogP contribution in [0.25, 0.3) is 0 Å². The van der Waals surface area contributed by atoms with E-state index >= 15 is 0 Å². The van der Waals surface area contributed by atoms with Gasteiger partial charge in [-0.3, -0.25) is 29.8 Å². The monoisotopic (exact) mass is 600 g/mol.